The summed E-state index contributed by atoms with van der Waals surface area (Å²) in [6.07, 6.45) is 6.54. The topological polar surface area (TPSA) is 102 Å². The number of hydrogen-bond acceptors (Lipinski definition) is 5. The second-order valence-electron chi connectivity index (χ2n) is 8.19. The highest BCUT2D eigenvalue weighted by molar-refractivity contribution is 5.89. The summed E-state index contributed by atoms with van der Waals surface area (Å²) < 4.78 is 5.67. The Hall–Kier alpha value is -2.41. The van der Waals surface area contributed by atoms with Gasteiger partial charge < -0.3 is 15.8 Å². The molecule has 3 rings (SSSR count). The van der Waals surface area contributed by atoms with Crippen molar-refractivity contribution in [2.75, 3.05) is 19.6 Å². The molecule has 0 unspecified atom stereocenters. The number of rotatable bonds is 7. The van der Waals surface area contributed by atoms with Gasteiger partial charge in [-0.15, -0.1) is 0 Å². The van der Waals surface area contributed by atoms with Crippen molar-refractivity contribution in [1.82, 2.24) is 10.2 Å². The zero-order chi connectivity index (χ0) is 20.6. The molecule has 0 bridgehead atoms. The number of likely N-dealkylation sites (tertiary alicyclic amines) is 1. The highest BCUT2D eigenvalue weighted by Gasteiger charge is 2.37. The molecule has 1 aliphatic carbocycles. The highest BCUT2D eigenvalue weighted by Crippen LogP contribution is 2.24. The molecule has 1 heterocycles. The molecular weight excluding hydrogens is 370 g/mol. The van der Waals surface area contributed by atoms with E-state index in [4.69, 9.17) is 10.5 Å². The van der Waals surface area contributed by atoms with Gasteiger partial charge in [0.1, 0.15) is 6.10 Å². The first-order chi connectivity index (χ1) is 14.0. The first-order valence-electron chi connectivity index (χ1n) is 10.6. The van der Waals surface area contributed by atoms with Crippen LogP contribution in [0, 0.1) is 5.92 Å². The van der Waals surface area contributed by atoms with E-state index in [1.165, 1.54) is 12.8 Å². The quantitative estimate of drug-likeness (QED) is 0.536. The van der Waals surface area contributed by atoms with Gasteiger partial charge in [-0.25, -0.2) is 4.79 Å². The Morgan fingerprint density at radius 1 is 1.03 bits per heavy atom. The van der Waals surface area contributed by atoms with Gasteiger partial charge in [-0.2, -0.15) is 0 Å². The zero-order valence-corrected chi connectivity index (χ0v) is 16.8. The number of amides is 2. The maximum Gasteiger partial charge on any atom is 0.338 e. The number of nitrogens with zero attached hydrogens (tertiary/aromatic N) is 1. The Labute approximate surface area is 172 Å². The highest BCUT2D eigenvalue weighted by atomic mass is 16.5. The lowest BCUT2D eigenvalue weighted by Crippen LogP contribution is -2.41. The Balaban J connectivity index is 1.55. The summed E-state index contributed by atoms with van der Waals surface area (Å²) >= 11 is 0. The van der Waals surface area contributed by atoms with Crippen LogP contribution in [0.25, 0.3) is 0 Å². The van der Waals surface area contributed by atoms with E-state index in [0.717, 1.165) is 25.7 Å². The van der Waals surface area contributed by atoms with Crippen LogP contribution in [-0.2, 0) is 14.3 Å². The van der Waals surface area contributed by atoms with Gasteiger partial charge in [0.25, 0.3) is 0 Å². The number of nitrogens with one attached hydrogen (secondary N) is 1. The standard InChI is InChI=1S/C22H31N3O4/c23-20(26)12-17-13-25(15-21(27)24-18-10-6-1-2-7-11-18)14-19(17)29-22(28)16-8-4-3-5-9-16/h3-5,8-9,17-19H,1-2,6-7,10-15H2,(H2,23,26)(H,24,27)/t17-,19+/m0/s1. The van der Waals surface area contributed by atoms with Crippen molar-refractivity contribution >= 4 is 17.8 Å². The molecule has 2 fully saturated rings. The van der Waals surface area contributed by atoms with Crippen molar-refractivity contribution in [3.8, 4) is 0 Å². The molecule has 158 valence electrons. The summed E-state index contributed by atoms with van der Waals surface area (Å²) in [5.41, 5.74) is 5.85. The molecule has 1 saturated carbocycles. The number of ether oxygens (including phenoxy) is 1. The smallest absolute Gasteiger partial charge is 0.338 e. The maximum absolute atomic E-state index is 12.5. The van der Waals surface area contributed by atoms with Gasteiger partial charge in [-0.05, 0) is 25.0 Å². The summed E-state index contributed by atoms with van der Waals surface area (Å²) in [7, 11) is 0. The molecule has 0 aromatic heterocycles. The summed E-state index contributed by atoms with van der Waals surface area (Å²) in [5, 5.41) is 3.14. The maximum atomic E-state index is 12.5. The minimum absolute atomic E-state index is 0.00948. The van der Waals surface area contributed by atoms with Crippen molar-refractivity contribution < 1.29 is 19.1 Å². The van der Waals surface area contributed by atoms with Crippen molar-refractivity contribution in [3.05, 3.63) is 35.9 Å². The lowest BCUT2D eigenvalue weighted by atomic mass is 10.0. The molecule has 2 aliphatic rings. The first kappa shape index (κ1) is 21.3. The second kappa shape index (κ2) is 10.4. The van der Waals surface area contributed by atoms with E-state index in [1.807, 2.05) is 11.0 Å². The Bertz CT molecular complexity index is 701. The van der Waals surface area contributed by atoms with Crippen molar-refractivity contribution in [2.45, 2.75) is 57.1 Å². The molecule has 2 amide bonds. The van der Waals surface area contributed by atoms with E-state index in [0.29, 0.717) is 18.7 Å². The van der Waals surface area contributed by atoms with Gasteiger partial charge in [0, 0.05) is 31.5 Å². The monoisotopic (exact) mass is 401 g/mol. The number of primary amides is 1. The van der Waals surface area contributed by atoms with Gasteiger partial charge in [0.2, 0.25) is 11.8 Å². The molecule has 0 radical (unpaired) electrons. The number of carbonyl (C=O) groups excluding carboxylic acids is 3. The normalized spacial score (nSPS) is 23.3. The van der Waals surface area contributed by atoms with E-state index in [9.17, 15) is 14.4 Å². The van der Waals surface area contributed by atoms with Crippen LogP contribution in [0.5, 0.6) is 0 Å². The van der Waals surface area contributed by atoms with Crippen LogP contribution in [0.3, 0.4) is 0 Å². The van der Waals surface area contributed by atoms with Gasteiger partial charge in [-0.3, -0.25) is 14.5 Å². The molecule has 1 aromatic carbocycles. The molecular formula is C22H31N3O4. The Kier molecular flexibility index (Phi) is 7.63. The average Bonchev–Trinajstić information content (AvgIpc) is 2.88. The Morgan fingerprint density at radius 3 is 2.38 bits per heavy atom. The summed E-state index contributed by atoms with van der Waals surface area (Å²) in [5.74, 6) is -1.06. The minimum atomic E-state index is -0.458. The zero-order valence-electron chi connectivity index (χ0n) is 16.8. The summed E-state index contributed by atoms with van der Waals surface area (Å²) in [6, 6.07) is 9.01. The molecule has 29 heavy (non-hydrogen) atoms. The molecule has 1 saturated heterocycles. The van der Waals surface area contributed by atoms with Crippen LogP contribution in [0.1, 0.15) is 55.3 Å². The number of hydrogen-bond donors (Lipinski definition) is 2. The third kappa shape index (κ3) is 6.56. The summed E-state index contributed by atoms with van der Waals surface area (Å²) in [6.45, 7) is 1.17. The van der Waals surface area contributed by atoms with E-state index in [1.54, 1.807) is 24.3 Å². The van der Waals surface area contributed by atoms with E-state index in [2.05, 4.69) is 5.32 Å². The van der Waals surface area contributed by atoms with Crippen LogP contribution in [0.2, 0.25) is 0 Å². The van der Waals surface area contributed by atoms with E-state index < -0.39 is 18.0 Å². The number of benzene rings is 1. The van der Waals surface area contributed by atoms with Gasteiger partial charge >= 0.3 is 5.97 Å². The van der Waals surface area contributed by atoms with Crippen LogP contribution >= 0.6 is 0 Å². The van der Waals surface area contributed by atoms with Crippen LogP contribution in [0.4, 0.5) is 0 Å². The fourth-order valence-corrected chi connectivity index (χ4v) is 4.32. The van der Waals surface area contributed by atoms with Crippen LogP contribution in [-0.4, -0.2) is 54.5 Å². The van der Waals surface area contributed by atoms with E-state index >= 15 is 0 Å². The van der Waals surface area contributed by atoms with Crippen LogP contribution in [0.15, 0.2) is 30.3 Å². The fourth-order valence-electron chi connectivity index (χ4n) is 4.32. The molecule has 0 spiro atoms. The predicted octanol–water partition coefficient (Wildman–Crippen LogP) is 1.86. The fraction of sp³-hybridized carbons (Fsp3) is 0.591. The van der Waals surface area contributed by atoms with Crippen molar-refractivity contribution in [3.63, 3.8) is 0 Å². The number of nitrogens with two attached hydrogens (primary N) is 1. The average molecular weight is 402 g/mol. The lowest BCUT2D eigenvalue weighted by Gasteiger charge is -2.20. The van der Waals surface area contributed by atoms with Gasteiger partial charge in [0.15, 0.2) is 0 Å². The van der Waals surface area contributed by atoms with Gasteiger partial charge in [0.05, 0.1) is 12.1 Å². The predicted molar refractivity (Wildman–Crippen MR) is 109 cm³/mol. The SMILES string of the molecule is NC(=O)C[C@H]1CN(CC(=O)NC2CCCCCC2)C[C@H]1OC(=O)c1ccccc1. The van der Waals surface area contributed by atoms with E-state index in [-0.39, 0.29) is 30.8 Å². The largest absolute Gasteiger partial charge is 0.457 e. The minimum Gasteiger partial charge on any atom is -0.457 e. The lowest BCUT2D eigenvalue weighted by molar-refractivity contribution is -0.122. The van der Waals surface area contributed by atoms with Crippen molar-refractivity contribution in [1.29, 1.82) is 0 Å². The molecule has 2 atom stereocenters. The molecule has 7 heteroatoms. The first-order valence-corrected chi connectivity index (χ1v) is 10.6. The van der Waals surface area contributed by atoms with Crippen LogP contribution < -0.4 is 11.1 Å². The third-order valence-electron chi connectivity index (χ3n) is 5.78. The Morgan fingerprint density at radius 2 is 1.72 bits per heavy atom. The second-order valence-corrected chi connectivity index (χ2v) is 8.19. The number of carbonyl (C=O) groups is 3. The molecule has 3 N–H and O–H groups in total. The molecule has 7 nitrogen and oxygen atoms in total. The van der Waals surface area contributed by atoms with Gasteiger partial charge in [-0.1, -0.05) is 43.9 Å². The number of esters is 1. The van der Waals surface area contributed by atoms with Crippen molar-refractivity contribution in [2.24, 2.45) is 11.7 Å². The molecule has 1 aliphatic heterocycles. The molecule has 1 aromatic rings. The summed E-state index contributed by atoms with van der Waals surface area (Å²) in [4.78, 5) is 38.3. The third-order valence-corrected chi connectivity index (χ3v) is 5.78.